The first-order chi connectivity index (χ1) is 11.4. The Morgan fingerprint density at radius 1 is 1.08 bits per heavy atom. The van der Waals surface area contributed by atoms with Gasteiger partial charge in [-0.05, 0) is 61.8 Å². The predicted molar refractivity (Wildman–Crippen MR) is 111 cm³/mol. The van der Waals surface area contributed by atoms with Gasteiger partial charge in [0.25, 0.3) is 0 Å². The quantitative estimate of drug-likeness (QED) is 0.412. The second-order valence-corrected chi connectivity index (χ2v) is 10.00. The van der Waals surface area contributed by atoms with Gasteiger partial charge >= 0.3 is 0 Å². The average Bonchev–Trinajstić information content (AvgIpc) is 2.93. The van der Waals surface area contributed by atoms with E-state index in [0.717, 1.165) is 23.1 Å². The lowest BCUT2D eigenvalue weighted by Gasteiger charge is -2.48. The first-order valence-corrected chi connectivity index (χ1v) is 9.91. The summed E-state index contributed by atoms with van der Waals surface area (Å²) in [6, 6.07) is 7.81. The van der Waals surface area contributed by atoms with Crippen molar-refractivity contribution in [3.63, 3.8) is 0 Å². The van der Waals surface area contributed by atoms with Crippen molar-refractivity contribution >= 4 is 23.1 Å². The van der Waals surface area contributed by atoms with Gasteiger partial charge in [-0.25, -0.2) is 4.99 Å². The van der Waals surface area contributed by atoms with Crippen LogP contribution in [0, 0.1) is 10.8 Å². The van der Waals surface area contributed by atoms with Crippen molar-refractivity contribution in [2.45, 2.75) is 79.7 Å². The van der Waals surface area contributed by atoms with E-state index in [4.69, 9.17) is 16.6 Å². The molecule has 0 amide bonds. The zero-order valence-corrected chi connectivity index (χ0v) is 17.9. The maximum atomic E-state index is 6.01. The smallest absolute Gasteiger partial charge is 0.102 e. The molecule has 0 unspecified atom stereocenters. The molecule has 0 heterocycles. The average molecular weight is 363 g/mol. The number of rotatable bonds is 4. The minimum absolute atomic E-state index is 0.190. The Bertz CT molecular complexity index is 602. The summed E-state index contributed by atoms with van der Waals surface area (Å²) in [7, 11) is 0. The van der Waals surface area contributed by atoms with Crippen molar-refractivity contribution in [3.05, 3.63) is 29.3 Å². The van der Waals surface area contributed by atoms with Crippen LogP contribution in [0.1, 0.15) is 74.1 Å². The molecule has 3 heteroatoms. The van der Waals surface area contributed by atoms with Gasteiger partial charge in [0, 0.05) is 17.1 Å². The number of aliphatic imine (C=N–C) groups is 1. The fraction of sp³-hybridized carbons (Fsp3) is 0.682. The van der Waals surface area contributed by atoms with E-state index in [1.54, 1.807) is 0 Å². The third-order valence-electron chi connectivity index (χ3n) is 6.42. The summed E-state index contributed by atoms with van der Waals surface area (Å²) in [6.45, 7) is 17.4. The van der Waals surface area contributed by atoms with Crippen molar-refractivity contribution in [1.82, 2.24) is 4.90 Å². The maximum absolute atomic E-state index is 6.01. The summed E-state index contributed by atoms with van der Waals surface area (Å²) in [5, 5.41) is 0.755. The van der Waals surface area contributed by atoms with Crippen molar-refractivity contribution in [2.75, 3.05) is 6.54 Å². The molecule has 0 saturated heterocycles. The Morgan fingerprint density at radius 3 is 2.08 bits per heavy atom. The molecule has 140 valence electrons. The molecule has 0 N–H and O–H groups in total. The normalized spacial score (nSPS) is 18.5. The van der Waals surface area contributed by atoms with Gasteiger partial charge in [0.1, 0.15) is 5.84 Å². The molecule has 1 fully saturated rings. The third kappa shape index (κ3) is 4.78. The van der Waals surface area contributed by atoms with Crippen LogP contribution in [0.3, 0.4) is 0 Å². The van der Waals surface area contributed by atoms with E-state index < -0.39 is 0 Å². The van der Waals surface area contributed by atoms with Crippen molar-refractivity contribution in [1.29, 1.82) is 0 Å². The van der Waals surface area contributed by atoms with Crippen LogP contribution >= 0.6 is 11.6 Å². The summed E-state index contributed by atoms with van der Waals surface area (Å²) < 4.78 is 0. The minimum atomic E-state index is 0.190. The van der Waals surface area contributed by atoms with Crippen molar-refractivity contribution in [2.24, 2.45) is 15.8 Å². The Balaban J connectivity index is 2.35. The SMILES string of the molecule is C/C(=N\c1ccc(Cl)cc1)N(CC(C)(C)C(C)(C)C)C1(C)CCCC1. The predicted octanol–water partition coefficient (Wildman–Crippen LogP) is 7.10. The zero-order chi connectivity index (χ0) is 18.9. The van der Waals surface area contributed by atoms with Crippen LogP contribution in [0.4, 0.5) is 5.69 Å². The molecule has 0 aliphatic heterocycles. The Morgan fingerprint density at radius 2 is 1.60 bits per heavy atom. The van der Waals surface area contributed by atoms with Crippen LogP contribution in [-0.4, -0.2) is 22.8 Å². The molecule has 1 aromatic carbocycles. The molecule has 1 aromatic rings. The fourth-order valence-electron chi connectivity index (χ4n) is 3.50. The highest BCUT2D eigenvalue weighted by molar-refractivity contribution is 6.30. The van der Waals surface area contributed by atoms with E-state index in [1.165, 1.54) is 25.7 Å². The van der Waals surface area contributed by atoms with E-state index in [0.29, 0.717) is 0 Å². The Kier molecular flexibility index (Phi) is 5.93. The number of amidine groups is 1. The summed E-state index contributed by atoms with van der Waals surface area (Å²) in [5.74, 6) is 1.11. The monoisotopic (exact) mass is 362 g/mol. The number of nitrogens with zero attached hydrogens (tertiary/aromatic N) is 2. The second kappa shape index (κ2) is 7.31. The van der Waals surface area contributed by atoms with Gasteiger partial charge in [-0.15, -0.1) is 0 Å². The zero-order valence-electron chi connectivity index (χ0n) is 17.1. The Labute approximate surface area is 159 Å². The first-order valence-electron chi connectivity index (χ1n) is 9.53. The first kappa shape index (κ1) is 20.3. The highest BCUT2D eigenvalue weighted by Crippen LogP contribution is 2.43. The van der Waals surface area contributed by atoms with Gasteiger partial charge in [-0.3, -0.25) is 0 Å². The summed E-state index contributed by atoms with van der Waals surface area (Å²) in [4.78, 5) is 7.52. The molecule has 1 aliphatic carbocycles. The molecule has 0 atom stereocenters. The van der Waals surface area contributed by atoms with Gasteiger partial charge in [-0.1, -0.05) is 59.1 Å². The minimum Gasteiger partial charge on any atom is -0.354 e. The van der Waals surface area contributed by atoms with Gasteiger partial charge in [0.05, 0.1) is 5.69 Å². The van der Waals surface area contributed by atoms with Gasteiger partial charge in [0.2, 0.25) is 0 Å². The highest BCUT2D eigenvalue weighted by atomic mass is 35.5. The highest BCUT2D eigenvalue weighted by Gasteiger charge is 2.42. The lowest BCUT2D eigenvalue weighted by Crippen LogP contribution is -2.53. The van der Waals surface area contributed by atoms with Crippen LogP contribution in [0.5, 0.6) is 0 Å². The number of hydrogen-bond acceptors (Lipinski definition) is 1. The summed E-state index contributed by atoms with van der Waals surface area (Å²) in [5.41, 5.74) is 1.61. The topological polar surface area (TPSA) is 15.6 Å². The molecule has 0 bridgehead atoms. The van der Waals surface area contributed by atoms with Crippen LogP contribution < -0.4 is 0 Å². The van der Waals surface area contributed by atoms with Crippen LogP contribution in [-0.2, 0) is 0 Å². The van der Waals surface area contributed by atoms with Crippen molar-refractivity contribution < 1.29 is 0 Å². The molecule has 1 saturated carbocycles. The standard InChI is InChI=1S/C22H35ClN2/c1-17(24-19-12-10-18(23)11-13-19)25(22(7)14-8-9-15-22)16-21(5,6)20(2,3)4/h10-13H,8-9,14-16H2,1-7H3/b24-17+. The lowest BCUT2D eigenvalue weighted by atomic mass is 9.68. The molecular formula is C22H35ClN2. The van der Waals surface area contributed by atoms with Crippen LogP contribution in [0.15, 0.2) is 29.3 Å². The molecule has 2 rings (SSSR count). The summed E-state index contributed by atoms with van der Waals surface area (Å²) in [6.07, 6.45) is 5.13. The number of hydrogen-bond donors (Lipinski definition) is 0. The fourth-order valence-corrected chi connectivity index (χ4v) is 3.62. The molecule has 1 aliphatic rings. The maximum Gasteiger partial charge on any atom is 0.102 e. The number of benzene rings is 1. The largest absolute Gasteiger partial charge is 0.354 e. The van der Waals surface area contributed by atoms with E-state index in [-0.39, 0.29) is 16.4 Å². The van der Waals surface area contributed by atoms with E-state index >= 15 is 0 Å². The molecule has 0 aromatic heterocycles. The van der Waals surface area contributed by atoms with E-state index in [2.05, 4.69) is 53.4 Å². The summed E-state index contributed by atoms with van der Waals surface area (Å²) >= 11 is 6.01. The molecule has 25 heavy (non-hydrogen) atoms. The Hall–Kier alpha value is -1.02. The van der Waals surface area contributed by atoms with Gasteiger partial charge in [-0.2, -0.15) is 0 Å². The molecule has 2 nitrogen and oxygen atoms in total. The molecular weight excluding hydrogens is 328 g/mol. The van der Waals surface area contributed by atoms with Crippen LogP contribution in [0.25, 0.3) is 0 Å². The van der Waals surface area contributed by atoms with Gasteiger partial charge < -0.3 is 4.90 Å². The third-order valence-corrected chi connectivity index (χ3v) is 6.68. The van der Waals surface area contributed by atoms with Gasteiger partial charge in [0.15, 0.2) is 0 Å². The van der Waals surface area contributed by atoms with Crippen LogP contribution in [0.2, 0.25) is 5.02 Å². The van der Waals surface area contributed by atoms with E-state index in [9.17, 15) is 0 Å². The van der Waals surface area contributed by atoms with E-state index in [1.807, 2.05) is 24.3 Å². The molecule has 0 spiro atoms. The second-order valence-electron chi connectivity index (χ2n) is 9.56. The van der Waals surface area contributed by atoms with Crippen molar-refractivity contribution in [3.8, 4) is 0 Å². The number of halogens is 1. The lowest BCUT2D eigenvalue weighted by molar-refractivity contribution is 0.0580. The molecule has 0 radical (unpaired) electrons.